The molecule has 0 atom stereocenters. The van der Waals surface area contributed by atoms with Gasteiger partial charge in [-0.25, -0.2) is 4.79 Å². The minimum Gasteiger partial charge on any atom is -0.478 e. The monoisotopic (exact) mass is 242 g/mol. The summed E-state index contributed by atoms with van der Waals surface area (Å²) in [6.07, 6.45) is 5.84. The fourth-order valence-electron chi connectivity index (χ4n) is 0.921. The Labute approximate surface area is 97.4 Å². The van der Waals surface area contributed by atoms with Crippen molar-refractivity contribution < 1.29 is 9.90 Å². The lowest BCUT2D eigenvalue weighted by molar-refractivity contribution is -0.131. The van der Waals surface area contributed by atoms with Crippen LogP contribution in [0.5, 0.6) is 0 Å². The highest BCUT2D eigenvalue weighted by Gasteiger charge is 1.95. The number of aliphatic carboxylic acids is 1. The Morgan fingerprint density at radius 1 is 1.20 bits per heavy atom. The average molecular weight is 243 g/mol. The van der Waals surface area contributed by atoms with Gasteiger partial charge in [0.25, 0.3) is 0 Å². The van der Waals surface area contributed by atoms with E-state index in [4.69, 9.17) is 28.3 Å². The molecule has 0 unspecified atom stereocenters. The number of rotatable bonds is 3. The van der Waals surface area contributed by atoms with Crippen molar-refractivity contribution in [1.82, 2.24) is 0 Å². The molecule has 2 nitrogen and oxygen atoms in total. The van der Waals surface area contributed by atoms with E-state index in [2.05, 4.69) is 0 Å². The molecule has 0 spiro atoms. The van der Waals surface area contributed by atoms with E-state index >= 15 is 0 Å². The van der Waals surface area contributed by atoms with Crippen LogP contribution in [0, 0.1) is 0 Å². The van der Waals surface area contributed by atoms with Gasteiger partial charge in [0, 0.05) is 6.08 Å². The molecular weight excluding hydrogens is 235 g/mol. The predicted octanol–water partition coefficient (Wildman–Crippen LogP) is 3.65. The van der Waals surface area contributed by atoms with E-state index in [-0.39, 0.29) is 0 Å². The molecule has 1 aromatic rings. The maximum atomic E-state index is 10.2. The van der Waals surface area contributed by atoms with E-state index in [9.17, 15) is 4.79 Å². The molecule has 0 heterocycles. The molecule has 1 N–H and O–H groups in total. The zero-order chi connectivity index (χ0) is 11.3. The Morgan fingerprint density at radius 2 is 1.93 bits per heavy atom. The summed E-state index contributed by atoms with van der Waals surface area (Å²) in [4.78, 5) is 10.2. The first-order chi connectivity index (χ1) is 7.09. The Hall–Kier alpha value is -1.25. The van der Waals surface area contributed by atoms with Crippen molar-refractivity contribution in [3.05, 3.63) is 52.0 Å². The summed E-state index contributed by atoms with van der Waals surface area (Å²) in [6, 6.07) is 5.18. The normalized spacial score (nSPS) is 11.3. The SMILES string of the molecule is O=C(O)C=CC=Cc1ccc(Cl)c(Cl)c1. The standard InChI is InChI=1S/C11H8Cl2O2/c12-9-6-5-8(7-10(9)13)3-1-2-4-11(14)15/h1-7H,(H,14,15). The highest BCUT2D eigenvalue weighted by Crippen LogP contribution is 2.22. The Morgan fingerprint density at radius 3 is 2.53 bits per heavy atom. The second kappa shape index (κ2) is 5.59. The number of carboxylic acid groups (broad SMARTS) is 1. The molecule has 0 aliphatic rings. The zero-order valence-corrected chi connectivity index (χ0v) is 9.16. The van der Waals surface area contributed by atoms with Crippen molar-refractivity contribution >= 4 is 35.2 Å². The molecule has 0 amide bonds. The molecule has 0 aliphatic heterocycles. The van der Waals surface area contributed by atoms with Crippen LogP contribution in [0.1, 0.15) is 5.56 Å². The fraction of sp³-hybridized carbons (Fsp3) is 0. The number of carbonyl (C=O) groups is 1. The van der Waals surface area contributed by atoms with Crippen LogP contribution in [0.4, 0.5) is 0 Å². The van der Waals surface area contributed by atoms with Gasteiger partial charge in [-0.3, -0.25) is 0 Å². The van der Waals surface area contributed by atoms with E-state index in [1.807, 2.05) is 0 Å². The fourth-order valence-corrected chi connectivity index (χ4v) is 1.23. The minimum atomic E-state index is -0.978. The van der Waals surface area contributed by atoms with Crippen molar-refractivity contribution in [2.24, 2.45) is 0 Å². The van der Waals surface area contributed by atoms with Crippen molar-refractivity contribution in [2.45, 2.75) is 0 Å². The third-order valence-corrected chi connectivity index (χ3v) is 2.32. The van der Waals surface area contributed by atoms with Crippen LogP contribution in [0.25, 0.3) is 6.08 Å². The average Bonchev–Trinajstić information content (AvgIpc) is 2.18. The first kappa shape index (κ1) is 11.8. The van der Waals surface area contributed by atoms with Crippen LogP contribution >= 0.6 is 23.2 Å². The maximum absolute atomic E-state index is 10.2. The topological polar surface area (TPSA) is 37.3 Å². The Balaban J connectivity index is 2.73. The summed E-state index contributed by atoms with van der Waals surface area (Å²) >= 11 is 11.5. The summed E-state index contributed by atoms with van der Waals surface area (Å²) < 4.78 is 0. The second-order valence-electron chi connectivity index (χ2n) is 2.73. The molecule has 0 fully saturated rings. The first-order valence-corrected chi connectivity index (χ1v) is 4.88. The lowest BCUT2D eigenvalue weighted by Gasteiger charge is -1.96. The van der Waals surface area contributed by atoms with E-state index in [1.54, 1.807) is 30.4 Å². The van der Waals surface area contributed by atoms with Gasteiger partial charge in [-0.05, 0) is 17.7 Å². The molecule has 0 aliphatic carbocycles. The van der Waals surface area contributed by atoms with E-state index in [0.29, 0.717) is 10.0 Å². The number of halogens is 2. The largest absolute Gasteiger partial charge is 0.478 e. The zero-order valence-electron chi connectivity index (χ0n) is 7.65. The third kappa shape index (κ3) is 4.19. The number of hydrogen-bond acceptors (Lipinski definition) is 1. The van der Waals surface area contributed by atoms with Crippen molar-refractivity contribution in [2.75, 3.05) is 0 Å². The minimum absolute atomic E-state index is 0.473. The van der Waals surface area contributed by atoms with Gasteiger partial charge in [0.2, 0.25) is 0 Å². The highest BCUT2D eigenvalue weighted by atomic mass is 35.5. The van der Waals surface area contributed by atoms with Crippen molar-refractivity contribution in [3.8, 4) is 0 Å². The van der Waals surface area contributed by atoms with Crippen LogP contribution in [0.2, 0.25) is 10.0 Å². The van der Waals surface area contributed by atoms with Crippen LogP contribution in [-0.4, -0.2) is 11.1 Å². The van der Waals surface area contributed by atoms with Gasteiger partial charge in [0.05, 0.1) is 10.0 Å². The number of hydrogen-bond donors (Lipinski definition) is 1. The van der Waals surface area contributed by atoms with Crippen molar-refractivity contribution in [1.29, 1.82) is 0 Å². The molecule has 1 rings (SSSR count). The lowest BCUT2D eigenvalue weighted by Crippen LogP contribution is -1.84. The van der Waals surface area contributed by atoms with Crippen LogP contribution < -0.4 is 0 Å². The molecule has 4 heteroatoms. The molecule has 0 radical (unpaired) electrons. The lowest BCUT2D eigenvalue weighted by atomic mass is 10.2. The molecule has 0 saturated heterocycles. The van der Waals surface area contributed by atoms with Crippen LogP contribution in [0.3, 0.4) is 0 Å². The smallest absolute Gasteiger partial charge is 0.328 e. The summed E-state index contributed by atoms with van der Waals surface area (Å²) in [5.74, 6) is -0.978. The van der Waals surface area contributed by atoms with E-state index < -0.39 is 5.97 Å². The predicted molar refractivity (Wildman–Crippen MR) is 62.3 cm³/mol. The second-order valence-corrected chi connectivity index (χ2v) is 3.54. The van der Waals surface area contributed by atoms with Gasteiger partial charge < -0.3 is 5.11 Å². The summed E-state index contributed by atoms with van der Waals surface area (Å²) in [5, 5.41) is 9.30. The maximum Gasteiger partial charge on any atom is 0.328 e. The van der Waals surface area contributed by atoms with Gasteiger partial charge in [0.15, 0.2) is 0 Å². The number of carboxylic acids is 1. The molecular formula is C11H8Cl2O2. The summed E-state index contributed by atoms with van der Waals surface area (Å²) in [6.45, 7) is 0. The summed E-state index contributed by atoms with van der Waals surface area (Å²) in [7, 11) is 0. The van der Waals surface area contributed by atoms with Gasteiger partial charge in [-0.2, -0.15) is 0 Å². The van der Waals surface area contributed by atoms with Gasteiger partial charge >= 0.3 is 5.97 Å². The quantitative estimate of drug-likeness (QED) is 0.649. The first-order valence-electron chi connectivity index (χ1n) is 4.12. The van der Waals surface area contributed by atoms with Crippen LogP contribution in [-0.2, 0) is 4.79 Å². The van der Waals surface area contributed by atoms with Gasteiger partial charge in [0.1, 0.15) is 0 Å². The summed E-state index contributed by atoms with van der Waals surface area (Å²) in [5.41, 5.74) is 0.861. The molecule has 15 heavy (non-hydrogen) atoms. The highest BCUT2D eigenvalue weighted by molar-refractivity contribution is 6.42. The van der Waals surface area contributed by atoms with Crippen LogP contribution in [0.15, 0.2) is 36.4 Å². The Kier molecular flexibility index (Phi) is 4.40. The molecule has 1 aromatic carbocycles. The van der Waals surface area contributed by atoms with Gasteiger partial charge in [-0.15, -0.1) is 0 Å². The van der Waals surface area contributed by atoms with Gasteiger partial charge in [-0.1, -0.05) is 47.5 Å². The third-order valence-electron chi connectivity index (χ3n) is 1.58. The Bertz CT molecular complexity index is 423. The molecule has 78 valence electrons. The van der Waals surface area contributed by atoms with E-state index in [1.165, 1.54) is 6.08 Å². The molecule has 0 saturated carbocycles. The van der Waals surface area contributed by atoms with Crippen molar-refractivity contribution in [3.63, 3.8) is 0 Å². The molecule has 0 aromatic heterocycles. The number of allylic oxidation sites excluding steroid dienone is 2. The number of benzene rings is 1. The molecule has 0 bridgehead atoms. The van der Waals surface area contributed by atoms with E-state index in [0.717, 1.165) is 11.6 Å².